The lowest BCUT2D eigenvalue weighted by Crippen LogP contribution is -2.04. The van der Waals surface area contributed by atoms with Crippen LogP contribution in [0.3, 0.4) is 0 Å². The van der Waals surface area contributed by atoms with Crippen LogP contribution in [0.4, 0.5) is 0 Å². The van der Waals surface area contributed by atoms with E-state index in [1.807, 2.05) is 30.5 Å². The average molecular weight is 362 g/mol. The van der Waals surface area contributed by atoms with Crippen molar-refractivity contribution >= 4 is 27.8 Å². The molecule has 0 atom stereocenters. The van der Waals surface area contributed by atoms with Crippen LogP contribution in [0.15, 0.2) is 54.9 Å². The quantitative estimate of drug-likeness (QED) is 0.582. The molecule has 4 aromatic rings. The molecule has 6 heteroatoms. The number of hydrogen-bond donors (Lipinski definition) is 1. The lowest BCUT2D eigenvalue weighted by molar-refractivity contribution is 0.0696. The number of ether oxygens (including phenoxy) is 2. The van der Waals surface area contributed by atoms with Crippen molar-refractivity contribution < 1.29 is 19.4 Å². The van der Waals surface area contributed by atoms with Gasteiger partial charge in [-0.25, -0.2) is 4.79 Å². The number of aromatic nitrogens is 2. The van der Waals surface area contributed by atoms with Crippen LogP contribution in [0.25, 0.3) is 21.8 Å². The van der Waals surface area contributed by atoms with E-state index in [4.69, 9.17) is 9.47 Å². The number of benzene rings is 2. The Balaban J connectivity index is 1.90. The van der Waals surface area contributed by atoms with Crippen LogP contribution in [-0.4, -0.2) is 34.8 Å². The normalized spacial score (nSPS) is 11.0. The number of carbonyl (C=O) groups is 1. The molecule has 2 heterocycles. The van der Waals surface area contributed by atoms with Gasteiger partial charge in [0, 0.05) is 28.0 Å². The molecule has 0 unspecified atom stereocenters. The van der Waals surface area contributed by atoms with E-state index in [2.05, 4.69) is 9.55 Å². The molecule has 0 fully saturated rings. The molecule has 0 saturated carbocycles. The molecule has 0 radical (unpaired) electrons. The first-order valence-corrected chi connectivity index (χ1v) is 8.42. The summed E-state index contributed by atoms with van der Waals surface area (Å²) in [6.07, 6.45) is 3.60. The number of pyridine rings is 1. The minimum atomic E-state index is -0.979. The number of nitrogens with zero attached hydrogens (tertiary/aromatic N) is 2. The van der Waals surface area contributed by atoms with Crippen molar-refractivity contribution in [3.63, 3.8) is 0 Å². The molecule has 0 amide bonds. The number of carboxylic acid groups (broad SMARTS) is 1. The molecule has 0 aliphatic rings. The zero-order chi connectivity index (χ0) is 19.0. The molecule has 2 aromatic heterocycles. The third kappa shape index (κ3) is 2.85. The molecule has 0 bridgehead atoms. The van der Waals surface area contributed by atoms with Crippen molar-refractivity contribution in [2.75, 3.05) is 14.2 Å². The van der Waals surface area contributed by atoms with Crippen LogP contribution in [-0.2, 0) is 6.54 Å². The highest BCUT2D eigenvalue weighted by atomic mass is 16.5. The van der Waals surface area contributed by atoms with Crippen LogP contribution in [0.1, 0.15) is 15.9 Å². The molecule has 1 N–H and O–H groups in total. The standard InChI is InChI=1S/C21H18N2O4/c1-26-15-5-6-18-17(10-15)16-7-8-22-11-19(16)23(18)12-14-4-3-13(21(24)25)9-20(14)27-2/h3-11H,12H2,1-2H3,(H,24,25). The molecule has 6 nitrogen and oxygen atoms in total. The highest BCUT2D eigenvalue weighted by Gasteiger charge is 2.15. The third-order valence-electron chi connectivity index (χ3n) is 4.74. The first kappa shape index (κ1) is 16.9. The van der Waals surface area contributed by atoms with Gasteiger partial charge < -0.3 is 19.1 Å². The Morgan fingerprint density at radius 2 is 1.89 bits per heavy atom. The number of fused-ring (bicyclic) bond motifs is 3. The van der Waals surface area contributed by atoms with E-state index < -0.39 is 5.97 Å². The largest absolute Gasteiger partial charge is 0.497 e. The summed E-state index contributed by atoms with van der Waals surface area (Å²) in [5.74, 6) is 0.358. The van der Waals surface area contributed by atoms with E-state index in [1.54, 1.807) is 38.6 Å². The highest BCUT2D eigenvalue weighted by molar-refractivity contribution is 6.08. The first-order chi connectivity index (χ1) is 13.1. The summed E-state index contributed by atoms with van der Waals surface area (Å²) >= 11 is 0. The number of methoxy groups -OCH3 is 2. The lowest BCUT2D eigenvalue weighted by atomic mass is 10.1. The van der Waals surface area contributed by atoms with Crippen LogP contribution in [0, 0.1) is 0 Å². The maximum atomic E-state index is 11.2. The fourth-order valence-corrected chi connectivity index (χ4v) is 3.40. The van der Waals surface area contributed by atoms with Gasteiger partial charge in [-0.1, -0.05) is 6.07 Å². The van der Waals surface area contributed by atoms with E-state index in [0.29, 0.717) is 12.3 Å². The number of rotatable bonds is 5. The molecule has 136 valence electrons. The van der Waals surface area contributed by atoms with Crippen LogP contribution >= 0.6 is 0 Å². The van der Waals surface area contributed by atoms with Gasteiger partial charge >= 0.3 is 5.97 Å². The number of aromatic carboxylic acids is 1. The molecule has 27 heavy (non-hydrogen) atoms. The molecule has 0 aliphatic heterocycles. The van der Waals surface area contributed by atoms with E-state index >= 15 is 0 Å². The van der Waals surface area contributed by atoms with Gasteiger partial charge in [0.25, 0.3) is 0 Å². The highest BCUT2D eigenvalue weighted by Crippen LogP contribution is 2.33. The lowest BCUT2D eigenvalue weighted by Gasteiger charge is -2.12. The maximum Gasteiger partial charge on any atom is 0.335 e. The summed E-state index contributed by atoms with van der Waals surface area (Å²) in [6.45, 7) is 0.529. The SMILES string of the molecule is COc1ccc2c(c1)c1ccncc1n2Cc1ccc(C(=O)O)cc1OC. The van der Waals surface area contributed by atoms with Crippen LogP contribution in [0.2, 0.25) is 0 Å². The third-order valence-corrected chi connectivity index (χ3v) is 4.74. The van der Waals surface area contributed by atoms with E-state index in [9.17, 15) is 9.90 Å². The van der Waals surface area contributed by atoms with E-state index in [-0.39, 0.29) is 5.56 Å². The maximum absolute atomic E-state index is 11.2. The first-order valence-electron chi connectivity index (χ1n) is 8.42. The minimum absolute atomic E-state index is 0.198. The Bertz CT molecular complexity index is 1160. The van der Waals surface area contributed by atoms with Crippen LogP contribution in [0.5, 0.6) is 11.5 Å². The minimum Gasteiger partial charge on any atom is -0.497 e. The van der Waals surface area contributed by atoms with Crippen molar-refractivity contribution in [3.05, 3.63) is 66.0 Å². The topological polar surface area (TPSA) is 73.6 Å². The Hall–Kier alpha value is -3.54. The predicted molar refractivity (Wildman–Crippen MR) is 103 cm³/mol. The summed E-state index contributed by atoms with van der Waals surface area (Å²) in [6, 6.07) is 12.9. The van der Waals surface area contributed by atoms with Gasteiger partial charge in [-0.3, -0.25) is 4.98 Å². The summed E-state index contributed by atoms with van der Waals surface area (Å²) < 4.78 is 13.0. The van der Waals surface area contributed by atoms with Gasteiger partial charge in [-0.15, -0.1) is 0 Å². The summed E-state index contributed by atoms with van der Waals surface area (Å²) in [5.41, 5.74) is 3.12. The van der Waals surface area contributed by atoms with E-state index in [0.717, 1.165) is 33.1 Å². The van der Waals surface area contributed by atoms with Crippen molar-refractivity contribution in [2.45, 2.75) is 6.54 Å². The summed E-state index contributed by atoms with van der Waals surface area (Å²) in [5, 5.41) is 11.4. The summed E-state index contributed by atoms with van der Waals surface area (Å²) in [4.78, 5) is 15.5. The monoisotopic (exact) mass is 362 g/mol. The second-order valence-electron chi connectivity index (χ2n) is 6.19. The average Bonchev–Trinajstić information content (AvgIpc) is 3.01. The predicted octanol–water partition coefficient (Wildman–Crippen LogP) is 3.95. The van der Waals surface area contributed by atoms with Gasteiger partial charge in [0.2, 0.25) is 0 Å². The fraction of sp³-hybridized carbons (Fsp3) is 0.143. The van der Waals surface area contributed by atoms with Gasteiger partial charge in [-0.05, 0) is 36.4 Å². The molecular formula is C21H18N2O4. The van der Waals surface area contributed by atoms with Gasteiger partial charge in [0.1, 0.15) is 11.5 Å². The summed E-state index contributed by atoms with van der Waals surface area (Å²) in [7, 11) is 3.19. The number of hydrogen-bond acceptors (Lipinski definition) is 4. The second-order valence-corrected chi connectivity index (χ2v) is 6.19. The van der Waals surface area contributed by atoms with Crippen LogP contribution < -0.4 is 9.47 Å². The second kappa shape index (κ2) is 6.64. The van der Waals surface area contributed by atoms with Crippen molar-refractivity contribution in [1.29, 1.82) is 0 Å². The zero-order valence-electron chi connectivity index (χ0n) is 15.0. The molecule has 4 rings (SSSR count). The Morgan fingerprint density at radius 1 is 1.04 bits per heavy atom. The van der Waals surface area contributed by atoms with Crippen molar-refractivity contribution in [2.24, 2.45) is 0 Å². The fourth-order valence-electron chi connectivity index (χ4n) is 3.40. The van der Waals surface area contributed by atoms with Gasteiger partial charge in [-0.2, -0.15) is 0 Å². The Labute approximate surface area is 155 Å². The van der Waals surface area contributed by atoms with Gasteiger partial charge in [0.15, 0.2) is 0 Å². The smallest absolute Gasteiger partial charge is 0.335 e. The molecule has 0 saturated heterocycles. The Kier molecular flexibility index (Phi) is 4.16. The molecule has 0 spiro atoms. The van der Waals surface area contributed by atoms with E-state index in [1.165, 1.54) is 0 Å². The molecule has 0 aliphatic carbocycles. The zero-order valence-corrected chi connectivity index (χ0v) is 15.0. The Morgan fingerprint density at radius 3 is 2.63 bits per heavy atom. The van der Waals surface area contributed by atoms with Gasteiger partial charge in [0.05, 0.1) is 38.0 Å². The molecule has 2 aromatic carbocycles. The van der Waals surface area contributed by atoms with Crippen molar-refractivity contribution in [1.82, 2.24) is 9.55 Å². The van der Waals surface area contributed by atoms with Crippen molar-refractivity contribution in [3.8, 4) is 11.5 Å². The number of carboxylic acids is 1. The molecular weight excluding hydrogens is 344 g/mol.